The van der Waals surface area contributed by atoms with E-state index in [0.29, 0.717) is 19.3 Å². The van der Waals surface area contributed by atoms with Crippen molar-refractivity contribution in [2.24, 2.45) is 0 Å². The lowest BCUT2D eigenvalue weighted by molar-refractivity contribution is -0.167. The Morgan fingerprint density at radius 3 is 1.06 bits per heavy atom. The summed E-state index contributed by atoms with van der Waals surface area (Å²) in [7, 11) is 0. The minimum Gasteiger partial charge on any atom is -0.462 e. The van der Waals surface area contributed by atoms with Crippen molar-refractivity contribution in [2.45, 2.75) is 239 Å². The molecular weight excluding hydrogens is 649 g/mol. The van der Waals surface area contributed by atoms with Gasteiger partial charge in [0.25, 0.3) is 0 Å². The van der Waals surface area contributed by atoms with Crippen molar-refractivity contribution in [1.82, 2.24) is 0 Å². The molecule has 0 bridgehead atoms. The third-order valence-electron chi connectivity index (χ3n) is 9.71. The van der Waals surface area contributed by atoms with E-state index in [1.54, 1.807) is 0 Å². The molecule has 0 N–H and O–H groups in total. The second-order valence-electron chi connectivity index (χ2n) is 15.0. The highest BCUT2D eigenvalue weighted by Gasteiger charge is 2.19. The van der Waals surface area contributed by atoms with Crippen LogP contribution in [0.4, 0.5) is 0 Å². The zero-order valence-electron chi connectivity index (χ0n) is 34.6. The fourth-order valence-electron chi connectivity index (χ4n) is 6.29. The van der Waals surface area contributed by atoms with E-state index < -0.39 is 6.10 Å². The molecular formula is C46H84O6. The Bertz CT molecular complexity index is 850. The van der Waals surface area contributed by atoms with Gasteiger partial charge in [0.1, 0.15) is 13.2 Å². The molecule has 1 unspecified atom stereocenters. The summed E-state index contributed by atoms with van der Waals surface area (Å²) in [6, 6.07) is 0. The van der Waals surface area contributed by atoms with Crippen LogP contribution in [0.5, 0.6) is 0 Å². The fraction of sp³-hybridized carbons (Fsp3) is 0.848. The van der Waals surface area contributed by atoms with Gasteiger partial charge in [-0.1, -0.05) is 186 Å². The van der Waals surface area contributed by atoms with Crippen molar-refractivity contribution in [3.8, 4) is 0 Å². The van der Waals surface area contributed by atoms with E-state index in [2.05, 4.69) is 45.1 Å². The number of hydrogen-bond acceptors (Lipinski definition) is 6. The molecule has 0 radical (unpaired) electrons. The average Bonchev–Trinajstić information content (AvgIpc) is 3.14. The normalized spacial score (nSPS) is 12.1. The lowest BCUT2D eigenvalue weighted by atomic mass is 10.0. The average molecular weight is 733 g/mol. The first kappa shape index (κ1) is 49.9. The van der Waals surface area contributed by atoms with E-state index in [1.165, 1.54) is 122 Å². The van der Waals surface area contributed by atoms with Crippen LogP contribution in [-0.4, -0.2) is 37.2 Å². The number of carbonyl (C=O) groups is 3. The van der Waals surface area contributed by atoms with Crippen LogP contribution in [-0.2, 0) is 28.6 Å². The van der Waals surface area contributed by atoms with Crippen molar-refractivity contribution in [1.29, 1.82) is 0 Å². The first-order chi connectivity index (χ1) is 25.5. The number of esters is 3. The molecule has 0 rings (SSSR count). The highest BCUT2D eigenvalue weighted by Crippen LogP contribution is 2.14. The number of allylic oxidation sites excluding steroid dienone is 4. The molecule has 0 aromatic rings. The number of hydrogen-bond donors (Lipinski definition) is 0. The number of rotatable bonds is 40. The van der Waals surface area contributed by atoms with Gasteiger partial charge in [-0.05, 0) is 51.4 Å². The van der Waals surface area contributed by atoms with Crippen molar-refractivity contribution in [3.05, 3.63) is 24.3 Å². The standard InChI is InChI=1S/C46H84O6/c1-4-7-10-13-15-16-17-18-19-20-21-22-23-24-25-26-27-28-29-30-31-34-36-39-45(48)51-42-43(41-50-44(47)38-35-32-12-9-6-3)52-46(49)40-37-33-14-11-8-5-2/h17-18,20-21,43H,4-16,19,22-42H2,1-3H3/b18-17-,21-20-. The third kappa shape index (κ3) is 39.1. The second kappa shape index (κ2) is 41.6. The Labute approximate surface area is 322 Å². The molecule has 52 heavy (non-hydrogen) atoms. The van der Waals surface area contributed by atoms with Crippen molar-refractivity contribution >= 4 is 17.9 Å². The van der Waals surface area contributed by atoms with Gasteiger partial charge in [0, 0.05) is 19.3 Å². The first-order valence-corrected chi connectivity index (χ1v) is 22.3. The smallest absolute Gasteiger partial charge is 0.306 e. The fourth-order valence-corrected chi connectivity index (χ4v) is 6.29. The molecule has 6 nitrogen and oxygen atoms in total. The minimum atomic E-state index is -0.760. The maximum absolute atomic E-state index is 12.5. The summed E-state index contributed by atoms with van der Waals surface area (Å²) in [6.45, 7) is 6.48. The summed E-state index contributed by atoms with van der Waals surface area (Å²) in [6.07, 6.45) is 45.1. The number of carbonyl (C=O) groups excluding carboxylic acids is 3. The molecule has 304 valence electrons. The monoisotopic (exact) mass is 733 g/mol. The molecule has 0 amide bonds. The largest absolute Gasteiger partial charge is 0.462 e. The maximum Gasteiger partial charge on any atom is 0.306 e. The zero-order chi connectivity index (χ0) is 38.0. The molecule has 0 heterocycles. The van der Waals surface area contributed by atoms with Crippen LogP contribution in [0.25, 0.3) is 0 Å². The quantitative estimate of drug-likeness (QED) is 0.0270. The van der Waals surface area contributed by atoms with Crippen LogP contribution in [0.3, 0.4) is 0 Å². The highest BCUT2D eigenvalue weighted by atomic mass is 16.6. The molecule has 0 aliphatic rings. The van der Waals surface area contributed by atoms with Gasteiger partial charge >= 0.3 is 17.9 Å². The van der Waals surface area contributed by atoms with Crippen LogP contribution >= 0.6 is 0 Å². The maximum atomic E-state index is 12.5. The van der Waals surface area contributed by atoms with Gasteiger partial charge in [0.2, 0.25) is 0 Å². The molecule has 0 aliphatic heterocycles. The van der Waals surface area contributed by atoms with E-state index in [-0.39, 0.29) is 31.1 Å². The van der Waals surface area contributed by atoms with Crippen molar-refractivity contribution in [3.63, 3.8) is 0 Å². The van der Waals surface area contributed by atoms with Gasteiger partial charge in [-0.25, -0.2) is 0 Å². The van der Waals surface area contributed by atoms with E-state index in [0.717, 1.165) is 70.6 Å². The molecule has 0 saturated carbocycles. The Morgan fingerprint density at radius 1 is 0.385 bits per heavy atom. The van der Waals surface area contributed by atoms with Gasteiger partial charge in [-0.2, -0.15) is 0 Å². The molecule has 1 atom stereocenters. The van der Waals surface area contributed by atoms with Gasteiger partial charge < -0.3 is 14.2 Å². The summed E-state index contributed by atoms with van der Waals surface area (Å²) in [5, 5.41) is 0. The number of ether oxygens (including phenoxy) is 3. The summed E-state index contributed by atoms with van der Waals surface area (Å²) in [4.78, 5) is 37.2. The SMILES string of the molecule is CCCCCCC/C=C\C/C=C\CCCCCCCCCCCCCC(=O)OCC(COC(=O)CCCCCCC)OC(=O)CCCCCCCC. The second-order valence-corrected chi connectivity index (χ2v) is 15.0. The van der Waals surface area contributed by atoms with Gasteiger partial charge in [0.05, 0.1) is 0 Å². The Balaban J connectivity index is 3.96. The molecule has 0 spiro atoms. The molecule has 0 aliphatic carbocycles. The van der Waals surface area contributed by atoms with E-state index in [9.17, 15) is 14.4 Å². The summed E-state index contributed by atoms with van der Waals surface area (Å²) in [5.41, 5.74) is 0. The minimum absolute atomic E-state index is 0.0709. The Morgan fingerprint density at radius 2 is 0.692 bits per heavy atom. The lowest BCUT2D eigenvalue weighted by Gasteiger charge is -2.18. The van der Waals surface area contributed by atoms with Crippen LogP contribution in [0.2, 0.25) is 0 Å². The topological polar surface area (TPSA) is 78.9 Å². The summed E-state index contributed by atoms with van der Waals surface area (Å²) < 4.78 is 16.5. The molecule has 0 saturated heterocycles. The lowest BCUT2D eigenvalue weighted by Crippen LogP contribution is -2.30. The summed E-state index contributed by atoms with van der Waals surface area (Å²) >= 11 is 0. The third-order valence-corrected chi connectivity index (χ3v) is 9.71. The van der Waals surface area contributed by atoms with Crippen LogP contribution in [0.1, 0.15) is 233 Å². The van der Waals surface area contributed by atoms with Gasteiger partial charge in [0.15, 0.2) is 6.10 Å². The van der Waals surface area contributed by atoms with E-state index >= 15 is 0 Å². The zero-order valence-corrected chi connectivity index (χ0v) is 34.6. The van der Waals surface area contributed by atoms with Gasteiger partial charge in [-0.3, -0.25) is 14.4 Å². The first-order valence-electron chi connectivity index (χ1n) is 22.3. The van der Waals surface area contributed by atoms with Crippen LogP contribution in [0.15, 0.2) is 24.3 Å². The van der Waals surface area contributed by atoms with Crippen LogP contribution in [0, 0.1) is 0 Å². The Hall–Kier alpha value is -2.11. The molecule has 0 aromatic heterocycles. The predicted octanol–water partition coefficient (Wildman–Crippen LogP) is 14.0. The van der Waals surface area contributed by atoms with E-state index in [4.69, 9.17) is 14.2 Å². The molecule has 0 aromatic carbocycles. The summed E-state index contributed by atoms with van der Waals surface area (Å²) in [5.74, 6) is -0.895. The van der Waals surface area contributed by atoms with Crippen molar-refractivity contribution in [2.75, 3.05) is 13.2 Å². The number of unbranched alkanes of at least 4 members (excludes halogenated alkanes) is 25. The molecule has 6 heteroatoms. The highest BCUT2D eigenvalue weighted by molar-refractivity contribution is 5.71. The van der Waals surface area contributed by atoms with Gasteiger partial charge in [-0.15, -0.1) is 0 Å². The van der Waals surface area contributed by atoms with Crippen molar-refractivity contribution < 1.29 is 28.6 Å². The Kier molecular flexibility index (Phi) is 40.0. The predicted molar refractivity (Wildman–Crippen MR) is 219 cm³/mol. The van der Waals surface area contributed by atoms with E-state index in [1.807, 2.05) is 0 Å². The molecule has 0 fully saturated rings. The van der Waals surface area contributed by atoms with Crippen LogP contribution < -0.4 is 0 Å².